The quantitative estimate of drug-likeness (QED) is 0.534. The van der Waals surface area contributed by atoms with Gasteiger partial charge in [-0.2, -0.15) is 12.7 Å². The van der Waals surface area contributed by atoms with Crippen LogP contribution >= 0.6 is 0 Å². The van der Waals surface area contributed by atoms with Crippen molar-refractivity contribution in [3.8, 4) is 0 Å². The molecular weight excluding hydrogens is 396 g/mol. The molecule has 7 heteroatoms. The number of unbranched alkanes of at least 4 members (excludes halogenated alkanes) is 1. The molecule has 166 valence electrons. The second kappa shape index (κ2) is 10.5. The average molecular weight is 433 g/mol. The van der Waals surface area contributed by atoms with E-state index in [0.29, 0.717) is 18.8 Å². The molecule has 1 aromatic carbocycles. The van der Waals surface area contributed by atoms with Gasteiger partial charge in [-0.1, -0.05) is 33.3 Å². The number of rotatable bonds is 11. The molecule has 0 spiro atoms. The van der Waals surface area contributed by atoms with Crippen LogP contribution in [0.15, 0.2) is 30.5 Å². The van der Waals surface area contributed by atoms with Crippen LogP contribution in [0.1, 0.15) is 58.4 Å². The van der Waals surface area contributed by atoms with Gasteiger partial charge < -0.3 is 4.98 Å². The van der Waals surface area contributed by atoms with Gasteiger partial charge in [-0.15, -0.1) is 0 Å². The lowest BCUT2D eigenvalue weighted by Gasteiger charge is -2.26. The van der Waals surface area contributed by atoms with E-state index in [-0.39, 0.29) is 0 Å². The summed E-state index contributed by atoms with van der Waals surface area (Å²) < 4.78 is 30.0. The molecule has 30 heavy (non-hydrogen) atoms. The first kappa shape index (κ1) is 22.8. The van der Waals surface area contributed by atoms with Gasteiger partial charge in [-0.25, -0.2) is 0 Å². The van der Waals surface area contributed by atoms with E-state index in [1.807, 2.05) is 32.0 Å². The summed E-state index contributed by atoms with van der Waals surface area (Å²) in [5.41, 5.74) is 4.16. The smallest absolute Gasteiger partial charge is 0.301 e. The Kier molecular flexibility index (Phi) is 7.97. The van der Waals surface area contributed by atoms with Gasteiger partial charge in [0.15, 0.2) is 0 Å². The van der Waals surface area contributed by atoms with E-state index < -0.39 is 10.2 Å². The summed E-state index contributed by atoms with van der Waals surface area (Å²) in [5.74, 6) is 0. The van der Waals surface area contributed by atoms with E-state index in [2.05, 4.69) is 33.8 Å². The minimum atomic E-state index is -3.55. The minimum absolute atomic E-state index is 0.530. The molecule has 3 rings (SSSR count). The van der Waals surface area contributed by atoms with Crippen LogP contribution in [0, 0.1) is 0 Å². The molecule has 2 heterocycles. The van der Waals surface area contributed by atoms with Crippen LogP contribution in [0.5, 0.6) is 0 Å². The Hall–Kier alpha value is -1.83. The predicted molar refractivity (Wildman–Crippen MR) is 127 cm³/mol. The fraction of sp³-hybridized carbons (Fsp3) is 0.565. The lowest BCUT2D eigenvalue weighted by Crippen LogP contribution is -2.37. The number of H-pyrrole nitrogens is 1. The van der Waals surface area contributed by atoms with Gasteiger partial charge in [0.2, 0.25) is 0 Å². The Balaban J connectivity index is 1.81. The van der Waals surface area contributed by atoms with Gasteiger partial charge in [0.05, 0.1) is 5.69 Å². The highest BCUT2D eigenvalue weighted by Crippen LogP contribution is 2.31. The highest BCUT2D eigenvalue weighted by Gasteiger charge is 2.21. The summed E-state index contributed by atoms with van der Waals surface area (Å²) in [6.07, 6.45) is 9.46. The van der Waals surface area contributed by atoms with Gasteiger partial charge in [0.1, 0.15) is 0 Å². The van der Waals surface area contributed by atoms with Crippen LogP contribution < -0.4 is 4.72 Å². The number of aromatic amines is 1. The Bertz CT molecular complexity index is 959. The maximum absolute atomic E-state index is 12.9. The lowest BCUT2D eigenvalue weighted by molar-refractivity contribution is 0.297. The van der Waals surface area contributed by atoms with E-state index in [1.54, 1.807) is 0 Å². The van der Waals surface area contributed by atoms with Crippen molar-refractivity contribution in [2.45, 2.75) is 52.9 Å². The van der Waals surface area contributed by atoms with Crippen molar-refractivity contribution in [2.75, 3.05) is 37.4 Å². The summed E-state index contributed by atoms with van der Waals surface area (Å²) in [5, 5.41) is 1.07. The zero-order chi connectivity index (χ0) is 21.6. The first-order valence-corrected chi connectivity index (χ1v) is 12.7. The van der Waals surface area contributed by atoms with E-state index in [1.165, 1.54) is 28.3 Å². The molecule has 0 saturated carbocycles. The molecule has 1 aliphatic heterocycles. The van der Waals surface area contributed by atoms with Crippen LogP contribution in [-0.2, 0) is 10.2 Å². The highest BCUT2D eigenvalue weighted by molar-refractivity contribution is 7.90. The zero-order valence-corrected chi connectivity index (χ0v) is 19.4. The molecule has 1 aromatic heterocycles. The molecule has 2 N–H and O–H groups in total. The number of aromatic nitrogens is 1. The van der Waals surface area contributed by atoms with E-state index >= 15 is 0 Å². The fourth-order valence-corrected chi connectivity index (χ4v) is 5.45. The third-order valence-electron chi connectivity index (χ3n) is 5.68. The number of benzene rings is 1. The Morgan fingerprint density at radius 2 is 1.90 bits per heavy atom. The molecular formula is C23H36N4O2S. The monoisotopic (exact) mass is 432 g/mol. The maximum Gasteiger partial charge on any atom is 0.301 e. The summed E-state index contributed by atoms with van der Waals surface area (Å²) >= 11 is 0. The average Bonchev–Trinajstić information content (AvgIpc) is 3.15. The van der Waals surface area contributed by atoms with Crippen LogP contribution in [0.25, 0.3) is 16.5 Å². The van der Waals surface area contributed by atoms with Gasteiger partial charge in [-0.05, 0) is 56.0 Å². The highest BCUT2D eigenvalue weighted by atomic mass is 32.2. The molecule has 1 aliphatic rings. The van der Waals surface area contributed by atoms with Crippen molar-refractivity contribution in [3.05, 3.63) is 36.0 Å². The van der Waals surface area contributed by atoms with Crippen molar-refractivity contribution < 1.29 is 8.42 Å². The van der Waals surface area contributed by atoms with Crippen LogP contribution in [0.4, 0.5) is 5.69 Å². The van der Waals surface area contributed by atoms with E-state index in [4.69, 9.17) is 0 Å². The van der Waals surface area contributed by atoms with Gasteiger partial charge in [-0.3, -0.25) is 9.62 Å². The van der Waals surface area contributed by atoms with E-state index in [0.717, 1.165) is 49.8 Å². The molecule has 0 fully saturated rings. The zero-order valence-electron chi connectivity index (χ0n) is 18.6. The fourth-order valence-electron chi connectivity index (χ4n) is 4.05. The molecule has 6 nitrogen and oxygen atoms in total. The number of anilines is 1. The third kappa shape index (κ3) is 5.45. The van der Waals surface area contributed by atoms with Crippen LogP contribution in [0.2, 0.25) is 0 Å². The SMILES string of the molecule is CCCCN1CC=C(c2c[nH]c3ccc(NS(=O)(=O)N(CCC)CCC)cc23)CC1. The Morgan fingerprint density at radius 1 is 1.13 bits per heavy atom. The first-order chi connectivity index (χ1) is 14.5. The number of nitrogens with one attached hydrogen (secondary N) is 2. The van der Waals surface area contributed by atoms with Crippen molar-refractivity contribution >= 4 is 32.4 Å². The van der Waals surface area contributed by atoms with Gasteiger partial charge in [0.25, 0.3) is 0 Å². The number of fused-ring (bicyclic) bond motifs is 1. The molecule has 0 bridgehead atoms. The van der Waals surface area contributed by atoms with Gasteiger partial charge in [0, 0.05) is 48.8 Å². The molecule has 0 atom stereocenters. The third-order valence-corrected chi connectivity index (χ3v) is 7.22. The molecule has 0 radical (unpaired) electrons. The minimum Gasteiger partial charge on any atom is -0.361 e. The molecule has 0 saturated heterocycles. The molecule has 0 unspecified atom stereocenters. The molecule has 0 aliphatic carbocycles. The largest absolute Gasteiger partial charge is 0.361 e. The van der Waals surface area contributed by atoms with Crippen LogP contribution in [0.3, 0.4) is 0 Å². The number of hydrogen-bond donors (Lipinski definition) is 2. The van der Waals surface area contributed by atoms with Crippen molar-refractivity contribution in [1.29, 1.82) is 0 Å². The topological polar surface area (TPSA) is 68.4 Å². The van der Waals surface area contributed by atoms with Crippen molar-refractivity contribution in [1.82, 2.24) is 14.2 Å². The number of nitrogens with zero attached hydrogens (tertiary/aromatic N) is 2. The summed E-state index contributed by atoms with van der Waals surface area (Å²) in [6, 6.07) is 5.74. The Labute approximate surface area is 181 Å². The summed E-state index contributed by atoms with van der Waals surface area (Å²) in [6.45, 7) is 10.5. The van der Waals surface area contributed by atoms with Gasteiger partial charge >= 0.3 is 10.2 Å². The lowest BCUT2D eigenvalue weighted by atomic mass is 9.98. The van der Waals surface area contributed by atoms with Crippen molar-refractivity contribution in [2.24, 2.45) is 0 Å². The standard InChI is InChI=1S/C23H36N4O2S/c1-4-7-14-26-15-10-19(11-16-26)22-18-24-23-9-8-20(17-21(22)23)25-30(28,29)27(12-5-2)13-6-3/h8-10,17-18,24-25H,4-7,11-16H2,1-3H3. The Morgan fingerprint density at radius 3 is 2.53 bits per heavy atom. The second-order valence-electron chi connectivity index (χ2n) is 8.10. The predicted octanol–water partition coefficient (Wildman–Crippen LogP) is 4.84. The van der Waals surface area contributed by atoms with E-state index in [9.17, 15) is 8.42 Å². The summed E-state index contributed by atoms with van der Waals surface area (Å²) in [7, 11) is -3.55. The number of hydrogen-bond acceptors (Lipinski definition) is 3. The van der Waals surface area contributed by atoms with Crippen molar-refractivity contribution in [3.63, 3.8) is 0 Å². The molecule has 2 aromatic rings. The second-order valence-corrected chi connectivity index (χ2v) is 9.77. The van der Waals surface area contributed by atoms with Crippen LogP contribution in [-0.4, -0.2) is 55.3 Å². The maximum atomic E-state index is 12.9. The normalized spacial score (nSPS) is 15.7. The first-order valence-electron chi connectivity index (χ1n) is 11.3. The molecule has 0 amide bonds. The summed E-state index contributed by atoms with van der Waals surface area (Å²) in [4.78, 5) is 5.84.